The van der Waals surface area contributed by atoms with Crippen LogP contribution in [0.1, 0.15) is 53.2 Å². The van der Waals surface area contributed by atoms with Crippen LogP contribution in [0.3, 0.4) is 0 Å². The molecule has 0 aliphatic carbocycles. The third-order valence-electron chi connectivity index (χ3n) is 6.28. The Hall–Kier alpha value is -1.88. The van der Waals surface area contributed by atoms with E-state index < -0.39 is 18.1 Å². The first-order chi connectivity index (χ1) is 14.7. The zero-order valence-electron chi connectivity index (χ0n) is 17.4. The minimum absolute atomic E-state index is 0.00249. The van der Waals surface area contributed by atoms with Crippen molar-refractivity contribution in [3.63, 3.8) is 0 Å². The lowest BCUT2D eigenvalue weighted by Crippen LogP contribution is -2.51. The third kappa shape index (κ3) is 3.59. The number of aryl methyl sites for hydroxylation is 1. The topological polar surface area (TPSA) is 69.8 Å². The Labute approximate surface area is 187 Å². The fourth-order valence-electron chi connectivity index (χ4n) is 4.63. The highest BCUT2D eigenvalue weighted by Gasteiger charge is 2.53. The Bertz CT molecular complexity index is 1130. The minimum Gasteiger partial charge on any atom is -0.363 e. The van der Waals surface area contributed by atoms with Crippen molar-refractivity contribution in [3.8, 4) is 0 Å². The van der Waals surface area contributed by atoms with Crippen LogP contribution in [0, 0.1) is 6.92 Å². The van der Waals surface area contributed by atoms with Gasteiger partial charge in [-0.1, -0.05) is 16.8 Å². The Morgan fingerprint density at radius 3 is 2.94 bits per heavy atom. The van der Waals surface area contributed by atoms with E-state index in [9.17, 15) is 8.78 Å². The van der Waals surface area contributed by atoms with E-state index in [4.69, 9.17) is 16.3 Å². The number of hydrogen-bond acceptors (Lipinski definition) is 6. The van der Waals surface area contributed by atoms with Gasteiger partial charge in [-0.25, -0.2) is 4.68 Å². The molecule has 0 unspecified atom stereocenters. The van der Waals surface area contributed by atoms with E-state index >= 15 is 0 Å². The zero-order chi connectivity index (χ0) is 22.0. The molecule has 2 aliphatic heterocycles. The number of halogens is 3. The summed E-state index contributed by atoms with van der Waals surface area (Å²) in [5, 5.41) is 16.4. The number of rotatable bonds is 3. The van der Waals surface area contributed by atoms with Gasteiger partial charge in [-0.3, -0.25) is 4.68 Å². The molecule has 1 saturated heterocycles. The van der Waals surface area contributed by atoms with Crippen LogP contribution in [0.2, 0.25) is 4.34 Å². The molecule has 0 bridgehead atoms. The maximum absolute atomic E-state index is 14.5. The number of thiophene rings is 1. The van der Waals surface area contributed by atoms with Crippen LogP contribution in [-0.4, -0.2) is 37.4 Å². The van der Waals surface area contributed by atoms with E-state index in [2.05, 4.69) is 20.7 Å². The fourth-order valence-corrected chi connectivity index (χ4v) is 6.07. The number of nitrogens with one attached hydrogen (secondary N) is 1. The first kappa shape index (κ1) is 21.0. The highest BCUT2D eigenvalue weighted by molar-refractivity contribution is 7.16. The summed E-state index contributed by atoms with van der Waals surface area (Å²) in [6.45, 7) is 3.96. The molecule has 5 rings (SSSR count). The van der Waals surface area contributed by atoms with Crippen molar-refractivity contribution in [1.82, 2.24) is 30.1 Å². The minimum atomic E-state index is -3.03. The van der Waals surface area contributed by atoms with Crippen LogP contribution in [0.15, 0.2) is 18.5 Å². The zero-order valence-corrected chi connectivity index (χ0v) is 19.0. The number of fused-ring (bicyclic) bond motifs is 2. The van der Waals surface area contributed by atoms with Gasteiger partial charge in [0.2, 0.25) is 0 Å². The first-order valence-electron chi connectivity index (χ1n) is 10.1. The van der Waals surface area contributed by atoms with E-state index in [0.29, 0.717) is 28.6 Å². The van der Waals surface area contributed by atoms with Gasteiger partial charge in [0, 0.05) is 41.2 Å². The lowest BCUT2D eigenvalue weighted by molar-refractivity contribution is -0.183. The smallest absolute Gasteiger partial charge is 0.297 e. The van der Waals surface area contributed by atoms with Crippen LogP contribution >= 0.6 is 22.9 Å². The van der Waals surface area contributed by atoms with Gasteiger partial charge in [0.25, 0.3) is 5.92 Å². The average Bonchev–Trinajstić information content (AvgIpc) is 3.42. The van der Waals surface area contributed by atoms with Gasteiger partial charge in [-0.15, -0.1) is 16.4 Å². The SMILES string of the molecule is Cc1c(Cn2cc([C@@H]3C[C@]4(C[C@H](C)N3)OCC(F)(F)c3cc(Cl)sc34)nn2)cnn1C. The molecule has 3 atom stereocenters. The van der Waals surface area contributed by atoms with Crippen molar-refractivity contribution in [2.24, 2.45) is 7.05 Å². The van der Waals surface area contributed by atoms with E-state index in [1.54, 1.807) is 4.68 Å². The van der Waals surface area contributed by atoms with Gasteiger partial charge in [-0.2, -0.15) is 13.9 Å². The molecule has 0 radical (unpaired) electrons. The molecule has 7 nitrogen and oxygen atoms in total. The van der Waals surface area contributed by atoms with Crippen molar-refractivity contribution in [2.45, 2.75) is 56.8 Å². The standard InChI is InChI=1S/C20H23ClF2N6OS/c1-11-5-19(18-14(4-17(21)31-18)20(22,23)10-30-19)6-15(25-11)16-9-29(27-26-16)8-13-7-24-28(3)12(13)2/h4,7,9,11,15,25H,5-6,8,10H2,1-3H3/t11-,15-,19-/m0/s1. The molecule has 1 fully saturated rings. The van der Waals surface area contributed by atoms with Crippen molar-refractivity contribution in [2.75, 3.05) is 6.61 Å². The van der Waals surface area contributed by atoms with Crippen LogP contribution in [0.25, 0.3) is 0 Å². The van der Waals surface area contributed by atoms with E-state index in [1.165, 1.54) is 17.4 Å². The Balaban J connectivity index is 1.43. The molecule has 166 valence electrons. The molecule has 0 amide bonds. The lowest BCUT2D eigenvalue weighted by Gasteiger charge is -2.47. The van der Waals surface area contributed by atoms with Crippen LogP contribution in [0.5, 0.6) is 0 Å². The molecule has 3 aromatic rings. The van der Waals surface area contributed by atoms with Gasteiger partial charge < -0.3 is 10.1 Å². The number of ether oxygens (including phenoxy) is 1. The normalized spacial score (nSPS) is 27.5. The van der Waals surface area contributed by atoms with E-state index in [1.807, 2.05) is 38.0 Å². The molecular weight excluding hydrogens is 446 g/mol. The summed E-state index contributed by atoms with van der Waals surface area (Å²) in [6.07, 6.45) is 4.80. The summed E-state index contributed by atoms with van der Waals surface area (Å²) in [7, 11) is 1.90. The number of hydrogen-bond donors (Lipinski definition) is 1. The highest BCUT2D eigenvalue weighted by atomic mass is 35.5. The molecule has 11 heteroatoms. The third-order valence-corrected chi connectivity index (χ3v) is 7.73. The summed E-state index contributed by atoms with van der Waals surface area (Å²) in [6, 6.07) is 1.26. The van der Waals surface area contributed by atoms with Crippen molar-refractivity contribution >= 4 is 22.9 Å². The molecule has 5 heterocycles. The second-order valence-electron chi connectivity index (χ2n) is 8.53. The van der Waals surface area contributed by atoms with Gasteiger partial charge in [0.05, 0.1) is 35.0 Å². The molecule has 1 N–H and O–H groups in total. The maximum Gasteiger partial charge on any atom is 0.297 e. The summed E-state index contributed by atoms with van der Waals surface area (Å²) in [5.41, 5.74) is 2.08. The quantitative estimate of drug-likeness (QED) is 0.631. The molecule has 0 saturated carbocycles. The molecule has 31 heavy (non-hydrogen) atoms. The average molecular weight is 469 g/mol. The summed E-state index contributed by atoms with van der Waals surface area (Å²) in [5.74, 6) is -3.03. The van der Waals surface area contributed by atoms with Gasteiger partial charge in [0.15, 0.2) is 0 Å². The number of aromatic nitrogens is 5. The van der Waals surface area contributed by atoms with Gasteiger partial charge >= 0.3 is 0 Å². The summed E-state index contributed by atoms with van der Waals surface area (Å²) in [4.78, 5) is 0.533. The van der Waals surface area contributed by atoms with Crippen LogP contribution < -0.4 is 5.32 Å². The largest absolute Gasteiger partial charge is 0.363 e. The van der Waals surface area contributed by atoms with Crippen LogP contribution in [0.4, 0.5) is 8.78 Å². The van der Waals surface area contributed by atoms with Crippen molar-refractivity contribution < 1.29 is 13.5 Å². The number of nitrogens with zero attached hydrogens (tertiary/aromatic N) is 5. The Morgan fingerprint density at radius 2 is 2.19 bits per heavy atom. The summed E-state index contributed by atoms with van der Waals surface area (Å²) >= 11 is 7.34. The highest BCUT2D eigenvalue weighted by Crippen LogP contribution is 2.54. The van der Waals surface area contributed by atoms with Crippen molar-refractivity contribution in [1.29, 1.82) is 0 Å². The molecule has 0 aromatic carbocycles. The lowest BCUT2D eigenvalue weighted by atomic mass is 9.78. The van der Waals surface area contributed by atoms with E-state index in [-0.39, 0.29) is 17.6 Å². The molecular formula is C20H23ClF2N6OS. The van der Waals surface area contributed by atoms with Gasteiger partial charge in [0.1, 0.15) is 12.2 Å². The first-order valence-corrected chi connectivity index (χ1v) is 11.3. The maximum atomic E-state index is 14.5. The number of piperidine rings is 1. The Kier molecular flexibility index (Phi) is 4.96. The second-order valence-corrected chi connectivity index (χ2v) is 10.2. The summed E-state index contributed by atoms with van der Waals surface area (Å²) < 4.78 is 38.8. The predicted molar refractivity (Wildman–Crippen MR) is 112 cm³/mol. The molecule has 2 aliphatic rings. The second kappa shape index (κ2) is 7.33. The van der Waals surface area contributed by atoms with Gasteiger partial charge in [-0.05, 0) is 26.3 Å². The Morgan fingerprint density at radius 1 is 1.39 bits per heavy atom. The van der Waals surface area contributed by atoms with Crippen molar-refractivity contribution in [3.05, 3.63) is 50.2 Å². The molecule has 3 aromatic heterocycles. The van der Waals surface area contributed by atoms with Crippen LogP contribution in [-0.2, 0) is 29.9 Å². The van der Waals surface area contributed by atoms with E-state index in [0.717, 1.165) is 17.0 Å². The monoisotopic (exact) mass is 468 g/mol. The predicted octanol–water partition coefficient (Wildman–Crippen LogP) is 3.91. The fraction of sp³-hybridized carbons (Fsp3) is 0.550. The molecule has 1 spiro atoms. The number of alkyl halides is 2.